The summed E-state index contributed by atoms with van der Waals surface area (Å²) >= 11 is 0. The predicted molar refractivity (Wildman–Crippen MR) is 44.7 cm³/mol. The number of hydrogen-bond acceptors (Lipinski definition) is 4. The van der Waals surface area contributed by atoms with E-state index in [9.17, 15) is 13.2 Å². The molecule has 0 amide bonds. The molecule has 0 spiro atoms. The molecule has 0 saturated carbocycles. The quantitative estimate of drug-likeness (QED) is 0.263. The SMILES string of the molecule is C=CC(=O)OCCS(=O)(=O)O.[LiH]. The van der Waals surface area contributed by atoms with Crippen LogP contribution < -0.4 is 0 Å². The summed E-state index contributed by atoms with van der Waals surface area (Å²) in [4.78, 5) is 10.3. The Bertz CT molecular complexity index is 245. The first-order valence-corrected chi connectivity index (χ1v) is 4.31. The maximum absolute atomic E-state index is 10.3. The summed E-state index contributed by atoms with van der Waals surface area (Å²) in [6.45, 7) is 2.73. The van der Waals surface area contributed by atoms with Crippen molar-refractivity contribution in [2.45, 2.75) is 0 Å². The fourth-order valence-electron chi connectivity index (χ4n) is 0.306. The molecule has 5 nitrogen and oxygen atoms in total. The van der Waals surface area contributed by atoms with E-state index in [0.29, 0.717) is 0 Å². The van der Waals surface area contributed by atoms with Crippen LogP contribution in [0, 0.1) is 0 Å². The molecule has 0 aromatic rings. The van der Waals surface area contributed by atoms with E-state index in [1.807, 2.05) is 0 Å². The Morgan fingerprint density at radius 3 is 2.42 bits per heavy atom. The standard InChI is InChI=1S/C5H8O5S.Li.H/c1-2-5(6)10-3-4-11(7,8)9;;/h2H,1,3-4H2,(H,7,8,9);;. The zero-order valence-electron chi connectivity index (χ0n) is 5.69. The number of esters is 1. The first kappa shape index (κ1) is 14.3. The third-order valence-electron chi connectivity index (χ3n) is 0.752. The van der Waals surface area contributed by atoms with Crippen LogP contribution in [-0.4, -0.2) is 50.2 Å². The van der Waals surface area contributed by atoms with Gasteiger partial charge in [0.15, 0.2) is 0 Å². The normalized spacial score (nSPS) is 9.75. The summed E-state index contributed by atoms with van der Waals surface area (Å²) in [6.07, 6.45) is 0.907. The van der Waals surface area contributed by atoms with Crippen molar-refractivity contribution in [3.05, 3.63) is 12.7 Å². The first-order valence-electron chi connectivity index (χ1n) is 2.70. The molecule has 0 aliphatic heterocycles. The van der Waals surface area contributed by atoms with Crippen molar-refractivity contribution < 1.29 is 22.5 Å². The molecule has 0 atom stereocenters. The molecule has 12 heavy (non-hydrogen) atoms. The Balaban J connectivity index is 0. The Labute approximate surface area is 82.7 Å². The summed E-state index contributed by atoms with van der Waals surface area (Å²) < 4.78 is 32.5. The van der Waals surface area contributed by atoms with Gasteiger partial charge in [-0.05, 0) is 0 Å². The van der Waals surface area contributed by atoms with Crippen molar-refractivity contribution in [3.8, 4) is 0 Å². The van der Waals surface area contributed by atoms with Crippen LogP contribution >= 0.6 is 0 Å². The van der Waals surface area contributed by atoms with Crippen LogP contribution in [0.25, 0.3) is 0 Å². The Morgan fingerprint density at radius 2 is 2.08 bits per heavy atom. The Morgan fingerprint density at radius 1 is 1.58 bits per heavy atom. The van der Waals surface area contributed by atoms with E-state index in [1.165, 1.54) is 0 Å². The van der Waals surface area contributed by atoms with Gasteiger partial charge in [-0.1, -0.05) is 6.58 Å². The fraction of sp³-hybridized carbons (Fsp3) is 0.400. The topological polar surface area (TPSA) is 80.7 Å². The van der Waals surface area contributed by atoms with Gasteiger partial charge in [-0.3, -0.25) is 4.55 Å². The van der Waals surface area contributed by atoms with Crippen LogP contribution in [-0.2, 0) is 19.6 Å². The van der Waals surface area contributed by atoms with E-state index < -0.39 is 21.8 Å². The van der Waals surface area contributed by atoms with Crippen LogP contribution in [0.2, 0.25) is 0 Å². The Hall–Kier alpha value is -0.283. The summed E-state index contributed by atoms with van der Waals surface area (Å²) in [5, 5.41) is 0. The molecule has 0 fully saturated rings. The van der Waals surface area contributed by atoms with Crippen molar-refractivity contribution in [2.75, 3.05) is 12.4 Å². The summed E-state index contributed by atoms with van der Waals surface area (Å²) in [5.74, 6) is -1.30. The van der Waals surface area contributed by atoms with E-state index >= 15 is 0 Å². The summed E-state index contributed by atoms with van der Waals surface area (Å²) in [7, 11) is -4.04. The molecule has 0 unspecified atom stereocenters. The van der Waals surface area contributed by atoms with E-state index in [0.717, 1.165) is 6.08 Å². The molecule has 0 rings (SSSR count). The van der Waals surface area contributed by atoms with Crippen LogP contribution in [0.4, 0.5) is 0 Å². The van der Waals surface area contributed by atoms with Gasteiger partial charge in [-0.25, -0.2) is 4.79 Å². The maximum atomic E-state index is 10.3. The minimum atomic E-state index is -4.04. The molecule has 0 saturated heterocycles. The van der Waals surface area contributed by atoms with E-state index in [1.54, 1.807) is 0 Å². The molecule has 0 aliphatic carbocycles. The van der Waals surface area contributed by atoms with Crippen LogP contribution in [0.1, 0.15) is 0 Å². The van der Waals surface area contributed by atoms with Gasteiger partial charge in [-0.2, -0.15) is 8.42 Å². The molecule has 0 radical (unpaired) electrons. The number of rotatable bonds is 4. The minimum absolute atomic E-state index is 0. The molecule has 66 valence electrons. The number of carbonyl (C=O) groups excluding carboxylic acids is 1. The van der Waals surface area contributed by atoms with Crippen LogP contribution in [0.15, 0.2) is 12.7 Å². The molecular formula is C5H9LiO5S. The second kappa shape index (κ2) is 6.26. The van der Waals surface area contributed by atoms with E-state index in [2.05, 4.69) is 11.3 Å². The zero-order valence-corrected chi connectivity index (χ0v) is 6.50. The zero-order chi connectivity index (χ0) is 8.91. The average Bonchev–Trinajstić information content (AvgIpc) is 1.85. The van der Waals surface area contributed by atoms with E-state index in [-0.39, 0.29) is 25.5 Å². The van der Waals surface area contributed by atoms with Gasteiger partial charge in [0.2, 0.25) is 0 Å². The van der Waals surface area contributed by atoms with Crippen molar-refractivity contribution >= 4 is 34.9 Å². The van der Waals surface area contributed by atoms with Gasteiger partial charge in [0.1, 0.15) is 12.4 Å². The van der Waals surface area contributed by atoms with Gasteiger partial charge in [0.05, 0.1) is 0 Å². The third-order valence-corrected chi connectivity index (χ3v) is 1.43. The molecule has 0 heterocycles. The van der Waals surface area contributed by atoms with Crippen LogP contribution in [0.5, 0.6) is 0 Å². The fourth-order valence-corrected chi connectivity index (χ4v) is 0.600. The molecule has 0 aliphatic rings. The van der Waals surface area contributed by atoms with Crippen LogP contribution in [0.3, 0.4) is 0 Å². The van der Waals surface area contributed by atoms with Crippen molar-refractivity contribution in [1.29, 1.82) is 0 Å². The molecule has 7 heteroatoms. The van der Waals surface area contributed by atoms with Crippen molar-refractivity contribution in [3.63, 3.8) is 0 Å². The first-order chi connectivity index (χ1) is 4.95. The third kappa shape index (κ3) is 9.72. The predicted octanol–water partition coefficient (Wildman–Crippen LogP) is -1.05. The molecule has 0 bridgehead atoms. The van der Waals surface area contributed by atoms with Gasteiger partial charge < -0.3 is 4.74 Å². The van der Waals surface area contributed by atoms with Gasteiger partial charge in [-0.15, -0.1) is 0 Å². The number of carbonyl (C=O) groups is 1. The van der Waals surface area contributed by atoms with Crippen molar-refractivity contribution in [2.24, 2.45) is 0 Å². The van der Waals surface area contributed by atoms with Crippen molar-refractivity contribution in [1.82, 2.24) is 0 Å². The summed E-state index contributed by atoms with van der Waals surface area (Å²) in [6, 6.07) is 0. The monoisotopic (exact) mass is 188 g/mol. The second-order valence-corrected chi connectivity index (χ2v) is 3.23. The van der Waals surface area contributed by atoms with Gasteiger partial charge in [0, 0.05) is 6.08 Å². The van der Waals surface area contributed by atoms with Gasteiger partial charge in [0.25, 0.3) is 10.1 Å². The van der Waals surface area contributed by atoms with E-state index in [4.69, 9.17) is 4.55 Å². The molecule has 1 N–H and O–H groups in total. The molecular weight excluding hydrogens is 179 g/mol. The Kier molecular flexibility index (Phi) is 7.43. The molecule has 0 aromatic heterocycles. The van der Waals surface area contributed by atoms with Gasteiger partial charge >= 0.3 is 24.8 Å². The summed E-state index contributed by atoms with van der Waals surface area (Å²) in [5.41, 5.74) is 0. The average molecular weight is 188 g/mol. The second-order valence-electron chi connectivity index (χ2n) is 1.66. The molecule has 0 aromatic carbocycles. The number of hydrogen-bond donors (Lipinski definition) is 1. The number of ether oxygens (including phenoxy) is 1.